The maximum Gasteiger partial charge on any atom is 0.411 e. The molecular formula is C20H19ClN4O3. The number of amides is 1. The van der Waals surface area contributed by atoms with Crippen LogP contribution >= 0.6 is 11.6 Å². The molecule has 0 unspecified atom stereocenters. The van der Waals surface area contributed by atoms with E-state index in [0.717, 1.165) is 16.8 Å². The highest BCUT2D eigenvalue weighted by molar-refractivity contribution is 6.31. The van der Waals surface area contributed by atoms with E-state index in [1.54, 1.807) is 10.6 Å². The average molecular weight is 399 g/mol. The van der Waals surface area contributed by atoms with Crippen LogP contribution in [0.1, 0.15) is 11.1 Å². The van der Waals surface area contributed by atoms with Crippen LogP contribution < -0.4 is 16.2 Å². The SMILES string of the molecule is COC(=O)Nc1cn(Cc2ccccc2)c(Nc2cccc(Cl)c2C)nc1=O. The Hall–Kier alpha value is -3.32. The Balaban J connectivity index is 2.03. The van der Waals surface area contributed by atoms with Crippen molar-refractivity contribution in [3.8, 4) is 0 Å². The van der Waals surface area contributed by atoms with Crippen molar-refractivity contribution >= 4 is 35.0 Å². The van der Waals surface area contributed by atoms with Gasteiger partial charge in [-0.15, -0.1) is 0 Å². The molecule has 1 amide bonds. The second-order valence-corrected chi connectivity index (χ2v) is 6.46. The minimum atomic E-state index is -0.739. The molecule has 0 atom stereocenters. The molecule has 144 valence electrons. The standard InChI is InChI=1S/C20H19ClN4O3/c1-13-15(21)9-6-10-16(13)22-19-24-18(26)17(23-20(27)28-2)12-25(19)11-14-7-4-3-5-8-14/h3-10,12H,11H2,1-2H3,(H,23,27)(H,22,24,26). The molecule has 0 spiro atoms. The maximum absolute atomic E-state index is 12.4. The second kappa shape index (κ2) is 8.58. The zero-order chi connectivity index (χ0) is 20.1. The summed E-state index contributed by atoms with van der Waals surface area (Å²) in [6.07, 6.45) is 0.790. The Morgan fingerprint density at radius 3 is 2.61 bits per heavy atom. The molecule has 0 saturated heterocycles. The predicted octanol–water partition coefficient (Wildman–Crippen LogP) is 4.18. The first-order chi connectivity index (χ1) is 13.5. The quantitative estimate of drug-likeness (QED) is 0.673. The maximum atomic E-state index is 12.4. The van der Waals surface area contributed by atoms with E-state index < -0.39 is 11.7 Å². The fraction of sp³-hybridized carbons (Fsp3) is 0.150. The van der Waals surface area contributed by atoms with Crippen LogP contribution in [0.3, 0.4) is 0 Å². The van der Waals surface area contributed by atoms with Crippen LogP contribution in [0, 0.1) is 6.92 Å². The summed E-state index contributed by atoms with van der Waals surface area (Å²) >= 11 is 6.19. The van der Waals surface area contributed by atoms with E-state index in [2.05, 4.69) is 20.4 Å². The Labute approximate surface area is 166 Å². The van der Waals surface area contributed by atoms with E-state index in [4.69, 9.17) is 11.6 Å². The lowest BCUT2D eigenvalue weighted by Crippen LogP contribution is -2.24. The summed E-state index contributed by atoms with van der Waals surface area (Å²) in [5.41, 5.74) is 2.01. The highest BCUT2D eigenvalue weighted by atomic mass is 35.5. The minimum Gasteiger partial charge on any atom is -0.453 e. The fourth-order valence-corrected chi connectivity index (χ4v) is 2.78. The second-order valence-electron chi connectivity index (χ2n) is 6.05. The first-order valence-electron chi connectivity index (χ1n) is 8.50. The summed E-state index contributed by atoms with van der Waals surface area (Å²) in [5.74, 6) is 0.328. The molecule has 0 aliphatic carbocycles. The molecule has 7 nitrogen and oxygen atoms in total. The lowest BCUT2D eigenvalue weighted by Gasteiger charge is -2.17. The average Bonchev–Trinajstić information content (AvgIpc) is 2.69. The third kappa shape index (κ3) is 4.50. The summed E-state index contributed by atoms with van der Waals surface area (Å²) in [5, 5.41) is 6.16. The van der Waals surface area contributed by atoms with E-state index in [9.17, 15) is 9.59 Å². The van der Waals surface area contributed by atoms with Crippen LogP contribution in [0.2, 0.25) is 5.02 Å². The van der Waals surface area contributed by atoms with Crippen LogP contribution in [0.25, 0.3) is 0 Å². The zero-order valence-corrected chi connectivity index (χ0v) is 16.2. The van der Waals surface area contributed by atoms with Gasteiger partial charge in [0.25, 0.3) is 5.56 Å². The van der Waals surface area contributed by atoms with Gasteiger partial charge in [-0.25, -0.2) is 4.79 Å². The monoisotopic (exact) mass is 398 g/mol. The van der Waals surface area contributed by atoms with E-state index >= 15 is 0 Å². The van der Waals surface area contributed by atoms with Crippen molar-refractivity contribution in [1.82, 2.24) is 9.55 Å². The summed E-state index contributed by atoms with van der Waals surface area (Å²) in [6.45, 7) is 2.31. The number of methoxy groups -OCH3 is 1. The molecule has 1 heterocycles. The van der Waals surface area contributed by atoms with Gasteiger partial charge in [0.2, 0.25) is 5.95 Å². The molecule has 0 radical (unpaired) electrons. The lowest BCUT2D eigenvalue weighted by molar-refractivity contribution is 0.187. The van der Waals surface area contributed by atoms with Gasteiger partial charge in [0, 0.05) is 16.9 Å². The van der Waals surface area contributed by atoms with Crippen LogP contribution in [-0.4, -0.2) is 22.8 Å². The largest absolute Gasteiger partial charge is 0.453 e. The molecule has 3 aromatic rings. The number of hydrogen-bond donors (Lipinski definition) is 2. The topological polar surface area (TPSA) is 85.2 Å². The Morgan fingerprint density at radius 1 is 1.14 bits per heavy atom. The van der Waals surface area contributed by atoms with Crippen molar-refractivity contribution in [2.24, 2.45) is 0 Å². The van der Waals surface area contributed by atoms with Gasteiger partial charge in [-0.2, -0.15) is 4.98 Å². The molecule has 3 rings (SSSR count). The van der Waals surface area contributed by atoms with Gasteiger partial charge in [0.05, 0.1) is 13.7 Å². The van der Waals surface area contributed by atoms with Gasteiger partial charge in [-0.3, -0.25) is 10.1 Å². The van der Waals surface area contributed by atoms with E-state index in [-0.39, 0.29) is 5.69 Å². The number of aromatic nitrogens is 2. The zero-order valence-electron chi connectivity index (χ0n) is 15.4. The van der Waals surface area contributed by atoms with Gasteiger partial charge < -0.3 is 14.6 Å². The van der Waals surface area contributed by atoms with Crippen molar-refractivity contribution < 1.29 is 9.53 Å². The van der Waals surface area contributed by atoms with Gasteiger partial charge in [-0.1, -0.05) is 48.0 Å². The summed E-state index contributed by atoms with van der Waals surface area (Å²) < 4.78 is 6.30. The molecule has 0 aliphatic rings. The predicted molar refractivity (Wildman–Crippen MR) is 110 cm³/mol. The number of benzene rings is 2. The van der Waals surface area contributed by atoms with Crippen LogP contribution in [0.5, 0.6) is 0 Å². The van der Waals surface area contributed by atoms with Gasteiger partial charge in [0.1, 0.15) is 5.69 Å². The highest BCUT2D eigenvalue weighted by Crippen LogP contribution is 2.25. The summed E-state index contributed by atoms with van der Waals surface area (Å²) in [7, 11) is 1.23. The van der Waals surface area contributed by atoms with Gasteiger partial charge in [0.15, 0.2) is 0 Å². The molecule has 2 aromatic carbocycles. The number of carbonyl (C=O) groups excluding carboxylic acids is 1. The normalized spacial score (nSPS) is 10.4. The molecule has 0 fully saturated rings. The third-order valence-electron chi connectivity index (χ3n) is 4.13. The fourth-order valence-electron chi connectivity index (χ4n) is 2.60. The molecular weight excluding hydrogens is 380 g/mol. The molecule has 0 bridgehead atoms. The number of hydrogen-bond acceptors (Lipinski definition) is 5. The number of halogens is 1. The van der Waals surface area contributed by atoms with Crippen molar-refractivity contribution in [2.45, 2.75) is 13.5 Å². The molecule has 28 heavy (non-hydrogen) atoms. The third-order valence-corrected chi connectivity index (χ3v) is 4.54. The van der Waals surface area contributed by atoms with Gasteiger partial charge >= 0.3 is 6.09 Å². The Bertz CT molecular complexity index is 1050. The molecule has 1 aromatic heterocycles. The minimum absolute atomic E-state index is 0.0242. The summed E-state index contributed by atoms with van der Waals surface area (Å²) in [4.78, 5) is 28.0. The first kappa shape index (κ1) is 19.4. The number of carbonyl (C=O) groups is 1. The van der Waals surface area contributed by atoms with Crippen molar-refractivity contribution in [2.75, 3.05) is 17.7 Å². The first-order valence-corrected chi connectivity index (χ1v) is 8.88. The number of nitrogens with one attached hydrogen (secondary N) is 2. The number of nitrogens with zero attached hydrogens (tertiary/aromatic N) is 2. The number of ether oxygens (including phenoxy) is 1. The van der Waals surface area contributed by atoms with Crippen LogP contribution in [0.15, 0.2) is 59.5 Å². The molecule has 2 N–H and O–H groups in total. The Morgan fingerprint density at radius 2 is 1.89 bits per heavy atom. The molecule has 0 aliphatic heterocycles. The lowest BCUT2D eigenvalue weighted by atomic mass is 10.2. The van der Waals surface area contributed by atoms with Crippen molar-refractivity contribution in [3.05, 3.63) is 81.2 Å². The van der Waals surface area contributed by atoms with Gasteiger partial charge in [-0.05, 0) is 30.2 Å². The van der Waals surface area contributed by atoms with Crippen molar-refractivity contribution in [3.63, 3.8) is 0 Å². The molecule has 8 heteroatoms. The molecule has 0 saturated carbocycles. The number of anilines is 3. The van der Waals surface area contributed by atoms with Crippen LogP contribution in [-0.2, 0) is 11.3 Å². The van der Waals surface area contributed by atoms with E-state index in [1.165, 1.54) is 13.3 Å². The summed E-state index contributed by atoms with van der Waals surface area (Å²) in [6, 6.07) is 15.1. The smallest absolute Gasteiger partial charge is 0.411 e. The van der Waals surface area contributed by atoms with E-state index in [0.29, 0.717) is 17.5 Å². The van der Waals surface area contributed by atoms with Crippen LogP contribution in [0.4, 0.5) is 22.1 Å². The van der Waals surface area contributed by atoms with Crippen molar-refractivity contribution in [1.29, 1.82) is 0 Å². The number of rotatable bonds is 5. The Kier molecular flexibility index (Phi) is 5.96. The van der Waals surface area contributed by atoms with E-state index in [1.807, 2.05) is 49.4 Å². The highest BCUT2D eigenvalue weighted by Gasteiger charge is 2.13.